The normalized spacial score (nSPS) is 21.9. The lowest BCUT2D eigenvalue weighted by molar-refractivity contribution is -0.192. The summed E-state index contributed by atoms with van der Waals surface area (Å²) in [5.41, 5.74) is -0.266. The Morgan fingerprint density at radius 1 is 1.23 bits per heavy atom. The lowest BCUT2D eigenvalue weighted by Gasteiger charge is -2.35. The van der Waals surface area contributed by atoms with Gasteiger partial charge in [0.05, 0.1) is 6.54 Å². The first kappa shape index (κ1) is 25.4. The predicted octanol–water partition coefficient (Wildman–Crippen LogP) is 2.28. The average Bonchev–Trinajstić information content (AvgIpc) is 3.53. The number of aliphatic carboxylic acids is 1. The Morgan fingerprint density at radius 2 is 1.94 bits per heavy atom. The van der Waals surface area contributed by atoms with Crippen molar-refractivity contribution in [2.24, 2.45) is 5.92 Å². The molecule has 1 unspecified atom stereocenters. The van der Waals surface area contributed by atoms with Gasteiger partial charge in [0.25, 0.3) is 0 Å². The van der Waals surface area contributed by atoms with Crippen LogP contribution in [0, 0.1) is 5.92 Å². The molecule has 3 heterocycles. The molecule has 1 atom stereocenters. The second-order valence-electron chi connectivity index (χ2n) is 9.10. The highest BCUT2D eigenvalue weighted by atomic mass is 35.5. The van der Waals surface area contributed by atoms with E-state index < -0.39 is 28.9 Å². The quantitative estimate of drug-likeness (QED) is 0.621. The van der Waals surface area contributed by atoms with Crippen LogP contribution in [-0.4, -0.2) is 55.2 Å². The number of rotatable bonds is 4. The first-order valence-electron chi connectivity index (χ1n) is 11.1. The summed E-state index contributed by atoms with van der Waals surface area (Å²) < 4.78 is 40.8. The standard InChI is InChI=1S/C20H23ClN4O3.C2HF3O2/c21-16-3-1-2-15(8-16)9-23-7-6-20(12-23)13-24-17(11-28-20)22-25(10-14-4-5-14)19(27)18(24)26;3-2(4,5)1(6)7/h1-3,8,14H,4-7,9-13H2;(H,6,7). The van der Waals surface area contributed by atoms with Gasteiger partial charge in [-0.25, -0.2) is 9.48 Å². The third-order valence-corrected chi connectivity index (χ3v) is 6.46. The van der Waals surface area contributed by atoms with E-state index in [1.54, 1.807) is 0 Å². The molecule has 2 fully saturated rings. The van der Waals surface area contributed by atoms with Gasteiger partial charge in [-0.2, -0.15) is 18.3 Å². The minimum atomic E-state index is -5.08. The molecule has 0 bridgehead atoms. The fraction of sp³-hybridized carbons (Fsp3) is 0.545. The van der Waals surface area contributed by atoms with Crippen molar-refractivity contribution in [1.82, 2.24) is 19.2 Å². The first-order valence-corrected chi connectivity index (χ1v) is 11.5. The topological polar surface area (TPSA) is 107 Å². The van der Waals surface area contributed by atoms with Gasteiger partial charge in [0.2, 0.25) is 0 Å². The number of nitrogens with zero attached hydrogens (tertiary/aromatic N) is 4. The molecule has 1 saturated heterocycles. The highest BCUT2D eigenvalue weighted by Crippen LogP contribution is 2.32. The van der Waals surface area contributed by atoms with Crippen LogP contribution in [0.25, 0.3) is 0 Å². The summed E-state index contributed by atoms with van der Waals surface area (Å²) >= 11 is 6.09. The van der Waals surface area contributed by atoms with E-state index in [1.807, 2.05) is 18.2 Å². The number of carboxylic acid groups (broad SMARTS) is 1. The van der Waals surface area contributed by atoms with Crippen molar-refractivity contribution in [1.29, 1.82) is 0 Å². The number of carbonyl (C=O) groups is 1. The minimum absolute atomic E-state index is 0.269. The zero-order valence-electron chi connectivity index (χ0n) is 18.6. The number of alkyl halides is 3. The van der Waals surface area contributed by atoms with E-state index in [0.717, 1.165) is 49.5 Å². The summed E-state index contributed by atoms with van der Waals surface area (Å²) in [6.45, 7) is 3.58. The highest BCUT2D eigenvalue weighted by molar-refractivity contribution is 6.30. The van der Waals surface area contributed by atoms with E-state index in [1.165, 1.54) is 9.25 Å². The van der Waals surface area contributed by atoms with Crippen LogP contribution < -0.4 is 11.1 Å². The Morgan fingerprint density at radius 3 is 2.57 bits per heavy atom. The molecule has 0 radical (unpaired) electrons. The maximum atomic E-state index is 12.7. The molecular formula is C22H24ClF3N4O5. The number of hydrogen-bond donors (Lipinski definition) is 1. The second-order valence-corrected chi connectivity index (χ2v) is 9.54. The summed E-state index contributed by atoms with van der Waals surface area (Å²) in [7, 11) is 0. The molecule has 1 spiro atoms. The summed E-state index contributed by atoms with van der Waals surface area (Å²) in [6, 6.07) is 7.85. The highest BCUT2D eigenvalue weighted by Gasteiger charge is 2.43. The molecule has 190 valence electrons. The van der Waals surface area contributed by atoms with Crippen molar-refractivity contribution in [2.75, 3.05) is 13.1 Å². The van der Waals surface area contributed by atoms with Crippen molar-refractivity contribution >= 4 is 17.6 Å². The monoisotopic (exact) mass is 516 g/mol. The van der Waals surface area contributed by atoms with Crippen molar-refractivity contribution in [3.8, 4) is 0 Å². The van der Waals surface area contributed by atoms with Crippen LogP contribution in [0.2, 0.25) is 5.02 Å². The molecule has 1 N–H and O–H groups in total. The van der Waals surface area contributed by atoms with Crippen molar-refractivity contribution in [2.45, 2.75) is 57.3 Å². The molecule has 5 rings (SSSR count). The maximum Gasteiger partial charge on any atom is 0.490 e. The first-order chi connectivity index (χ1) is 16.5. The SMILES string of the molecule is O=C(O)C(F)(F)F.O=c1c(=O)n2c(nn1CC1CC1)COC1(CCN(Cc3cccc(Cl)c3)C1)C2. The smallest absolute Gasteiger partial charge is 0.475 e. The van der Waals surface area contributed by atoms with Gasteiger partial charge in [0.15, 0.2) is 5.82 Å². The number of fused-ring (bicyclic) bond motifs is 1. The predicted molar refractivity (Wildman–Crippen MR) is 118 cm³/mol. The fourth-order valence-electron chi connectivity index (χ4n) is 4.27. The fourth-order valence-corrected chi connectivity index (χ4v) is 4.49. The molecule has 1 aromatic carbocycles. The number of ether oxygens (including phenoxy) is 1. The number of halogens is 4. The Hall–Kier alpha value is -2.70. The molecule has 35 heavy (non-hydrogen) atoms. The molecular weight excluding hydrogens is 493 g/mol. The van der Waals surface area contributed by atoms with E-state index >= 15 is 0 Å². The Balaban J connectivity index is 0.000000364. The zero-order chi connectivity index (χ0) is 25.4. The van der Waals surface area contributed by atoms with Gasteiger partial charge in [0, 0.05) is 31.2 Å². The van der Waals surface area contributed by atoms with Gasteiger partial charge < -0.3 is 9.84 Å². The summed E-state index contributed by atoms with van der Waals surface area (Å²) in [5, 5.41) is 12.3. The number of carboxylic acids is 1. The van der Waals surface area contributed by atoms with E-state index in [-0.39, 0.29) is 6.61 Å². The van der Waals surface area contributed by atoms with Gasteiger partial charge in [-0.05, 0) is 42.9 Å². The van der Waals surface area contributed by atoms with E-state index in [4.69, 9.17) is 26.2 Å². The minimum Gasteiger partial charge on any atom is -0.475 e. The van der Waals surface area contributed by atoms with Crippen LogP contribution in [0.4, 0.5) is 13.2 Å². The van der Waals surface area contributed by atoms with Crippen LogP contribution in [0.3, 0.4) is 0 Å². The molecule has 3 aliphatic rings. The number of hydrogen-bond acceptors (Lipinski definition) is 6. The molecule has 0 amide bonds. The molecule has 13 heteroatoms. The third-order valence-electron chi connectivity index (χ3n) is 6.23. The van der Waals surface area contributed by atoms with Crippen LogP contribution >= 0.6 is 11.6 Å². The number of likely N-dealkylation sites (tertiary alicyclic amines) is 1. The third kappa shape index (κ3) is 6.11. The van der Waals surface area contributed by atoms with Crippen LogP contribution in [0.15, 0.2) is 33.9 Å². The summed E-state index contributed by atoms with van der Waals surface area (Å²) in [6.07, 6.45) is -2.05. The molecule has 9 nitrogen and oxygen atoms in total. The van der Waals surface area contributed by atoms with Crippen LogP contribution in [0.1, 0.15) is 30.7 Å². The molecule has 2 aromatic rings. The largest absolute Gasteiger partial charge is 0.490 e. The molecule has 1 aromatic heterocycles. The Kier molecular flexibility index (Phi) is 7.07. The lowest BCUT2D eigenvalue weighted by Crippen LogP contribution is -2.53. The number of benzene rings is 1. The van der Waals surface area contributed by atoms with E-state index in [2.05, 4.69) is 16.1 Å². The Labute approximate surface area is 202 Å². The molecule has 1 saturated carbocycles. The number of aromatic nitrogens is 3. The Bertz CT molecular complexity index is 1230. The van der Waals surface area contributed by atoms with Crippen molar-refractivity contribution in [3.05, 3.63) is 61.4 Å². The average molecular weight is 517 g/mol. The van der Waals surface area contributed by atoms with E-state index in [0.29, 0.717) is 24.8 Å². The van der Waals surface area contributed by atoms with Crippen LogP contribution in [-0.2, 0) is 35.8 Å². The summed E-state index contributed by atoms with van der Waals surface area (Å²) in [5.74, 6) is -1.71. The van der Waals surface area contributed by atoms with E-state index in [9.17, 15) is 22.8 Å². The lowest BCUT2D eigenvalue weighted by atomic mass is 10.0. The van der Waals surface area contributed by atoms with Gasteiger partial charge in [-0.1, -0.05) is 23.7 Å². The van der Waals surface area contributed by atoms with Crippen molar-refractivity contribution < 1.29 is 27.8 Å². The summed E-state index contributed by atoms with van der Waals surface area (Å²) in [4.78, 5) is 36.3. The second kappa shape index (κ2) is 9.75. The van der Waals surface area contributed by atoms with Gasteiger partial charge in [-0.3, -0.25) is 19.1 Å². The van der Waals surface area contributed by atoms with Crippen LogP contribution in [0.5, 0.6) is 0 Å². The van der Waals surface area contributed by atoms with Gasteiger partial charge in [-0.15, -0.1) is 0 Å². The van der Waals surface area contributed by atoms with Crippen molar-refractivity contribution in [3.63, 3.8) is 0 Å². The molecule has 1 aliphatic carbocycles. The van der Waals surface area contributed by atoms with Gasteiger partial charge >= 0.3 is 23.3 Å². The molecule has 2 aliphatic heterocycles. The zero-order valence-corrected chi connectivity index (χ0v) is 19.4. The maximum absolute atomic E-state index is 12.7. The van der Waals surface area contributed by atoms with Gasteiger partial charge in [0.1, 0.15) is 12.2 Å².